The maximum atomic E-state index is 3.84. The van der Waals surface area contributed by atoms with Gasteiger partial charge in [0.2, 0.25) is 0 Å². The minimum absolute atomic E-state index is 1.18. The molecule has 2 aliphatic heterocycles. The van der Waals surface area contributed by atoms with Gasteiger partial charge in [0.25, 0.3) is 0 Å². The second-order valence-electron chi connectivity index (χ2n) is 3.37. The van der Waals surface area contributed by atoms with E-state index in [0.29, 0.717) is 0 Å². The fourth-order valence-electron chi connectivity index (χ4n) is 1.97. The molecule has 0 aliphatic carbocycles. The molecule has 0 aromatic rings. The Bertz CT molecular complexity index is 248. The molecule has 0 saturated carbocycles. The zero-order chi connectivity index (χ0) is 8.39. The van der Waals surface area contributed by atoms with Gasteiger partial charge in [-0.15, -0.1) is 0 Å². The van der Waals surface area contributed by atoms with Gasteiger partial charge in [0.15, 0.2) is 0 Å². The van der Waals surface area contributed by atoms with Gasteiger partial charge in [0.1, 0.15) is 0 Å². The highest BCUT2D eigenvalue weighted by atomic mass is 15.1. The monoisotopic (exact) mass is 161 g/mol. The first-order chi connectivity index (χ1) is 5.92. The lowest BCUT2D eigenvalue weighted by Gasteiger charge is -2.34. The lowest BCUT2D eigenvalue weighted by atomic mass is 10.0. The molecule has 0 amide bonds. The van der Waals surface area contributed by atoms with Crippen molar-refractivity contribution in [3.8, 4) is 0 Å². The molecule has 0 spiro atoms. The number of fused-ring (bicyclic) bond motifs is 1. The van der Waals surface area contributed by atoms with Crippen LogP contribution in [0.15, 0.2) is 36.1 Å². The Kier molecular flexibility index (Phi) is 2.03. The highest BCUT2D eigenvalue weighted by Crippen LogP contribution is 2.26. The van der Waals surface area contributed by atoms with Gasteiger partial charge in [0, 0.05) is 18.8 Å². The molecule has 0 bridgehead atoms. The van der Waals surface area contributed by atoms with E-state index in [1.54, 1.807) is 0 Å². The molecular formula is C11H15N. The number of rotatable bonds is 1. The Morgan fingerprint density at radius 2 is 2.17 bits per heavy atom. The summed E-state index contributed by atoms with van der Waals surface area (Å²) >= 11 is 0. The van der Waals surface area contributed by atoms with E-state index >= 15 is 0 Å². The molecule has 0 unspecified atom stereocenters. The summed E-state index contributed by atoms with van der Waals surface area (Å²) in [5.41, 5.74) is 2.75. The van der Waals surface area contributed by atoms with Crippen LogP contribution in [0.2, 0.25) is 0 Å². The highest BCUT2D eigenvalue weighted by molar-refractivity contribution is 5.40. The summed E-state index contributed by atoms with van der Waals surface area (Å²) in [7, 11) is 0. The van der Waals surface area contributed by atoms with Crippen LogP contribution in [0.4, 0.5) is 0 Å². The van der Waals surface area contributed by atoms with E-state index in [4.69, 9.17) is 0 Å². The predicted octanol–water partition coefficient (Wildman–Crippen LogP) is 2.48. The Morgan fingerprint density at radius 3 is 3.00 bits per heavy atom. The van der Waals surface area contributed by atoms with Gasteiger partial charge in [-0.2, -0.15) is 0 Å². The van der Waals surface area contributed by atoms with Crippen molar-refractivity contribution >= 4 is 0 Å². The molecule has 2 aliphatic rings. The fraction of sp³-hybridized carbons (Fsp3) is 0.455. The van der Waals surface area contributed by atoms with Crippen LogP contribution in [0.5, 0.6) is 0 Å². The molecule has 2 rings (SSSR count). The van der Waals surface area contributed by atoms with Crippen molar-refractivity contribution in [3.63, 3.8) is 0 Å². The van der Waals surface area contributed by atoms with E-state index in [2.05, 4.69) is 23.6 Å². The minimum atomic E-state index is 1.18. The minimum Gasteiger partial charge on any atom is -0.371 e. The van der Waals surface area contributed by atoms with Crippen LogP contribution in [0.1, 0.15) is 19.3 Å². The molecule has 0 N–H and O–H groups in total. The number of nitrogens with zero attached hydrogens (tertiary/aromatic N) is 1. The van der Waals surface area contributed by atoms with Crippen molar-refractivity contribution in [2.24, 2.45) is 0 Å². The maximum absolute atomic E-state index is 3.84. The fourth-order valence-corrected chi connectivity index (χ4v) is 1.97. The van der Waals surface area contributed by atoms with Gasteiger partial charge >= 0.3 is 0 Å². The van der Waals surface area contributed by atoms with Crippen molar-refractivity contribution in [1.82, 2.24) is 4.90 Å². The first-order valence-electron chi connectivity index (χ1n) is 4.70. The predicted molar refractivity (Wildman–Crippen MR) is 51.8 cm³/mol. The zero-order valence-corrected chi connectivity index (χ0v) is 7.42. The van der Waals surface area contributed by atoms with E-state index in [0.717, 1.165) is 0 Å². The number of hydrogen-bond acceptors (Lipinski definition) is 1. The third kappa shape index (κ3) is 1.20. The quantitative estimate of drug-likeness (QED) is 0.571. The van der Waals surface area contributed by atoms with Crippen molar-refractivity contribution < 1.29 is 0 Å². The Labute approximate surface area is 74.1 Å². The SMILES string of the molecule is C=CC1=CCCN2CCCC=C12. The normalized spacial score (nSPS) is 22.5. The van der Waals surface area contributed by atoms with Crippen LogP contribution in [-0.4, -0.2) is 18.0 Å². The lowest BCUT2D eigenvalue weighted by Crippen LogP contribution is -2.30. The van der Waals surface area contributed by atoms with Crippen molar-refractivity contribution in [1.29, 1.82) is 0 Å². The smallest absolute Gasteiger partial charge is 0.0395 e. The van der Waals surface area contributed by atoms with Crippen LogP contribution in [0.25, 0.3) is 0 Å². The molecule has 0 fully saturated rings. The van der Waals surface area contributed by atoms with Crippen LogP contribution >= 0.6 is 0 Å². The topological polar surface area (TPSA) is 3.24 Å². The first-order valence-corrected chi connectivity index (χ1v) is 4.70. The summed E-state index contributed by atoms with van der Waals surface area (Å²) in [6.07, 6.45) is 10.3. The molecule has 2 heterocycles. The van der Waals surface area contributed by atoms with E-state index in [-0.39, 0.29) is 0 Å². The molecule has 12 heavy (non-hydrogen) atoms. The molecular weight excluding hydrogens is 146 g/mol. The Hall–Kier alpha value is -0.980. The largest absolute Gasteiger partial charge is 0.371 e. The lowest BCUT2D eigenvalue weighted by molar-refractivity contribution is 0.327. The van der Waals surface area contributed by atoms with Crippen LogP contribution < -0.4 is 0 Å². The summed E-state index contributed by atoms with van der Waals surface area (Å²) in [5, 5.41) is 0. The van der Waals surface area contributed by atoms with E-state index in [9.17, 15) is 0 Å². The van der Waals surface area contributed by atoms with E-state index in [1.165, 1.54) is 43.6 Å². The molecule has 1 nitrogen and oxygen atoms in total. The summed E-state index contributed by atoms with van der Waals surface area (Å²) in [6, 6.07) is 0. The van der Waals surface area contributed by atoms with Gasteiger partial charge in [0.05, 0.1) is 0 Å². The highest BCUT2D eigenvalue weighted by Gasteiger charge is 2.17. The van der Waals surface area contributed by atoms with Gasteiger partial charge in [-0.3, -0.25) is 0 Å². The third-order valence-corrected chi connectivity index (χ3v) is 2.59. The second kappa shape index (κ2) is 3.18. The van der Waals surface area contributed by atoms with Crippen molar-refractivity contribution in [3.05, 3.63) is 36.1 Å². The average molecular weight is 161 g/mol. The molecule has 0 radical (unpaired) electrons. The Balaban J connectivity index is 2.30. The number of hydrogen-bond donors (Lipinski definition) is 0. The molecule has 0 saturated heterocycles. The molecule has 0 aromatic carbocycles. The average Bonchev–Trinajstić information content (AvgIpc) is 2.17. The third-order valence-electron chi connectivity index (χ3n) is 2.59. The number of allylic oxidation sites excluding steroid dienone is 2. The molecule has 0 atom stereocenters. The van der Waals surface area contributed by atoms with E-state index < -0.39 is 0 Å². The maximum Gasteiger partial charge on any atom is 0.0395 e. The van der Waals surface area contributed by atoms with Gasteiger partial charge in [-0.05, 0) is 24.8 Å². The van der Waals surface area contributed by atoms with Gasteiger partial charge in [-0.1, -0.05) is 24.8 Å². The summed E-state index contributed by atoms with van der Waals surface area (Å²) in [4.78, 5) is 2.47. The van der Waals surface area contributed by atoms with Crippen LogP contribution in [0, 0.1) is 0 Å². The Morgan fingerprint density at radius 1 is 1.25 bits per heavy atom. The first kappa shape index (κ1) is 7.66. The van der Waals surface area contributed by atoms with Gasteiger partial charge < -0.3 is 4.90 Å². The second-order valence-corrected chi connectivity index (χ2v) is 3.37. The molecule has 64 valence electrons. The zero-order valence-electron chi connectivity index (χ0n) is 7.42. The summed E-state index contributed by atoms with van der Waals surface area (Å²) in [5.74, 6) is 0. The van der Waals surface area contributed by atoms with Crippen molar-refractivity contribution in [2.45, 2.75) is 19.3 Å². The molecule has 0 aromatic heterocycles. The van der Waals surface area contributed by atoms with Crippen molar-refractivity contribution in [2.75, 3.05) is 13.1 Å². The van der Waals surface area contributed by atoms with Gasteiger partial charge in [-0.25, -0.2) is 0 Å². The van der Waals surface area contributed by atoms with Crippen LogP contribution in [0.3, 0.4) is 0 Å². The summed E-state index contributed by atoms with van der Waals surface area (Å²) < 4.78 is 0. The van der Waals surface area contributed by atoms with Crippen LogP contribution in [-0.2, 0) is 0 Å². The standard InChI is InChI=1S/C11H15N/c1-2-10-6-5-9-12-8-4-3-7-11(10)12/h2,6-7H,1,3-5,8-9H2. The molecule has 1 heteroatoms. The summed E-state index contributed by atoms with van der Waals surface area (Å²) in [6.45, 7) is 6.27. The van der Waals surface area contributed by atoms with E-state index in [1.807, 2.05) is 6.08 Å².